The second-order valence-electron chi connectivity index (χ2n) is 8.32. The summed E-state index contributed by atoms with van der Waals surface area (Å²) in [4.78, 5) is 30.2. The molecule has 6 nitrogen and oxygen atoms in total. The van der Waals surface area contributed by atoms with E-state index in [1.54, 1.807) is 12.4 Å². The maximum absolute atomic E-state index is 12.6. The second kappa shape index (κ2) is 7.54. The van der Waals surface area contributed by atoms with Crippen LogP contribution in [0.15, 0.2) is 53.7 Å². The van der Waals surface area contributed by atoms with Gasteiger partial charge >= 0.3 is 0 Å². The molecule has 3 aromatic heterocycles. The maximum Gasteiger partial charge on any atom is 0.254 e. The highest BCUT2D eigenvalue weighted by molar-refractivity contribution is 5.83. The van der Waals surface area contributed by atoms with Crippen molar-refractivity contribution in [3.8, 4) is 11.4 Å². The lowest BCUT2D eigenvalue weighted by molar-refractivity contribution is 0.241. The Kier molecular flexibility index (Phi) is 4.71. The van der Waals surface area contributed by atoms with Gasteiger partial charge in [0.05, 0.1) is 5.69 Å². The average molecular weight is 399 g/mol. The van der Waals surface area contributed by atoms with E-state index in [0.717, 1.165) is 29.9 Å². The summed E-state index contributed by atoms with van der Waals surface area (Å²) in [5, 5.41) is 1.26. The summed E-state index contributed by atoms with van der Waals surface area (Å²) in [6.45, 7) is 6.77. The van der Waals surface area contributed by atoms with Crippen LogP contribution >= 0.6 is 0 Å². The molecule has 30 heavy (non-hydrogen) atoms. The molecule has 2 N–H and O–H groups in total. The molecule has 1 aliphatic heterocycles. The van der Waals surface area contributed by atoms with E-state index in [2.05, 4.69) is 58.1 Å². The Morgan fingerprint density at radius 2 is 2.13 bits per heavy atom. The topological polar surface area (TPSA) is 77.7 Å². The summed E-state index contributed by atoms with van der Waals surface area (Å²) in [6, 6.07) is 10.4. The van der Waals surface area contributed by atoms with Crippen LogP contribution in [0.4, 0.5) is 0 Å². The molecule has 4 heterocycles. The number of aromatic amines is 2. The van der Waals surface area contributed by atoms with Gasteiger partial charge in [-0.3, -0.25) is 14.7 Å². The smallest absolute Gasteiger partial charge is 0.254 e. The van der Waals surface area contributed by atoms with E-state index >= 15 is 0 Å². The number of aromatic nitrogens is 4. The van der Waals surface area contributed by atoms with Gasteiger partial charge in [0, 0.05) is 60.3 Å². The van der Waals surface area contributed by atoms with E-state index in [9.17, 15) is 4.79 Å². The third kappa shape index (κ3) is 3.44. The Labute approximate surface area is 175 Å². The van der Waals surface area contributed by atoms with Gasteiger partial charge in [-0.1, -0.05) is 26.0 Å². The lowest BCUT2D eigenvalue weighted by Crippen LogP contribution is -2.35. The van der Waals surface area contributed by atoms with Gasteiger partial charge in [0.15, 0.2) is 0 Å². The van der Waals surface area contributed by atoms with Gasteiger partial charge in [-0.15, -0.1) is 0 Å². The fourth-order valence-electron chi connectivity index (χ4n) is 4.20. The fraction of sp³-hybridized carbons (Fsp3) is 0.292. The van der Waals surface area contributed by atoms with Gasteiger partial charge in [-0.25, -0.2) is 4.98 Å². The highest BCUT2D eigenvalue weighted by Crippen LogP contribution is 2.26. The van der Waals surface area contributed by atoms with Crippen LogP contribution in [0.25, 0.3) is 22.3 Å². The predicted molar refractivity (Wildman–Crippen MR) is 118 cm³/mol. The zero-order valence-corrected chi connectivity index (χ0v) is 17.3. The van der Waals surface area contributed by atoms with Crippen molar-refractivity contribution in [3.05, 3.63) is 81.7 Å². The first-order valence-corrected chi connectivity index (χ1v) is 10.4. The van der Waals surface area contributed by atoms with Crippen molar-refractivity contribution in [2.75, 3.05) is 6.54 Å². The average Bonchev–Trinajstić information content (AvgIpc) is 3.16. The van der Waals surface area contributed by atoms with Crippen LogP contribution in [0.1, 0.15) is 42.1 Å². The number of H-pyrrole nitrogens is 2. The molecule has 0 aliphatic carbocycles. The molecular weight excluding hydrogens is 374 g/mol. The first-order valence-electron chi connectivity index (χ1n) is 10.4. The standard InChI is InChI=1S/C24H25N5O/c1-15(2)16-5-6-19-18(12-26-21(19)10-16)13-29-9-7-20-22(14-29)27-23(28-24(20)30)17-4-3-8-25-11-17/h3-6,8,10-12,15,26H,7,9,13-14H2,1-2H3,(H,27,28,30). The Balaban J connectivity index is 1.41. The molecule has 0 bridgehead atoms. The molecule has 0 saturated carbocycles. The van der Waals surface area contributed by atoms with Crippen LogP contribution in [-0.2, 0) is 19.5 Å². The molecule has 0 spiro atoms. The van der Waals surface area contributed by atoms with Crippen LogP contribution in [0, 0.1) is 0 Å². The Bertz CT molecular complexity index is 1260. The molecule has 1 aromatic carbocycles. The highest BCUT2D eigenvalue weighted by atomic mass is 16.1. The largest absolute Gasteiger partial charge is 0.361 e. The van der Waals surface area contributed by atoms with Crippen LogP contribution in [0.3, 0.4) is 0 Å². The minimum absolute atomic E-state index is 0.0354. The van der Waals surface area contributed by atoms with Gasteiger partial charge < -0.3 is 9.97 Å². The van der Waals surface area contributed by atoms with Gasteiger partial charge in [-0.05, 0) is 41.7 Å². The number of pyridine rings is 1. The van der Waals surface area contributed by atoms with Gasteiger partial charge in [0.2, 0.25) is 0 Å². The lowest BCUT2D eigenvalue weighted by Gasteiger charge is -2.27. The first kappa shape index (κ1) is 18.8. The van der Waals surface area contributed by atoms with Crippen molar-refractivity contribution in [3.63, 3.8) is 0 Å². The van der Waals surface area contributed by atoms with Crippen molar-refractivity contribution >= 4 is 10.9 Å². The number of hydrogen-bond donors (Lipinski definition) is 2. The Morgan fingerprint density at radius 3 is 2.93 bits per heavy atom. The molecule has 0 atom stereocenters. The number of nitrogens with one attached hydrogen (secondary N) is 2. The zero-order chi connectivity index (χ0) is 20.7. The Morgan fingerprint density at radius 1 is 1.23 bits per heavy atom. The number of nitrogens with zero attached hydrogens (tertiary/aromatic N) is 3. The molecule has 152 valence electrons. The third-order valence-corrected chi connectivity index (χ3v) is 5.94. The molecule has 0 unspecified atom stereocenters. The van der Waals surface area contributed by atoms with Crippen LogP contribution in [-0.4, -0.2) is 31.4 Å². The lowest BCUT2D eigenvalue weighted by atomic mass is 10.0. The number of benzene rings is 1. The summed E-state index contributed by atoms with van der Waals surface area (Å²) < 4.78 is 0. The second-order valence-corrected chi connectivity index (χ2v) is 8.32. The SMILES string of the molecule is CC(C)c1ccc2c(CN3CCc4c(nc(-c5cccnc5)[nH]c4=O)C3)c[nH]c2c1. The normalized spacial score (nSPS) is 14.4. The summed E-state index contributed by atoms with van der Waals surface area (Å²) in [6.07, 6.45) is 6.26. The number of fused-ring (bicyclic) bond motifs is 2. The van der Waals surface area contributed by atoms with Gasteiger partial charge in [0.1, 0.15) is 5.82 Å². The molecule has 0 amide bonds. The predicted octanol–water partition coefficient (Wildman–Crippen LogP) is 3.99. The summed E-state index contributed by atoms with van der Waals surface area (Å²) >= 11 is 0. The van der Waals surface area contributed by atoms with Crippen LogP contribution < -0.4 is 5.56 Å². The number of rotatable bonds is 4. The van der Waals surface area contributed by atoms with Crippen LogP contribution in [0.5, 0.6) is 0 Å². The molecule has 0 saturated heterocycles. The maximum atomic E-state index is 12.6. The van der Waals surface area contributed by atoms with E-state index in [4.69, 9.17) is 4.98 Å². The molecule has 0 radical (unpaired) electrons. The van der Waals surface area contributed by atoms with Gasteiger partial charge in [-0.2, -0.15) is 0 Å². The van der Waals surface area contributed by atoms with E-state index in [0.29, 0.717) is 24.7 Å². The van der Waals surface area contributed by atoms with E-state index in [1.807, 2.05) is 12.1 Å². The molecule has 1 aliphatic rings. The molecule has 5 rings (SSSR count). The van der Waals surface area contributed by atoms with Crippen molar-refractivity contribution in [1.29, 1.82) is 0 Å². The summed E-state index contributed by atoms with van der Waals surface area (Å²) in [5.74, 6) is 1.10. The third-order valence-electron chi connectivity index (χ3n) is 5.94. The highest BCUT2D eigenvalue weighted by Gasteiger charge is 2.22. The fourth-order valence-corrected chi connectivity index (χ4v) is 4.20. The van der Waals surface area contributed by atoms with E-state index < -0.39 is 0 Å². The van der Waals surface area contributed by atoms with Crippen LogP contribution in [0.2, 0.25) is 0 Å². The zero-order valence-electron chi connectivity index (χ0n) is 17.3. The van der Waals surface area contributed by atoms with Crippen molar-refractivity contribution in [1.82, 2.24) is 24.8 Å². The molecule has 6 heteroatoms. The van der Waals surface area contributed by atoms with E-state index in [-0.39, 0.29) is 5.56 Å². The molecular formula is C24H25N5O. The van der Waals surface area contributed by atoms with Crippen molar-refractivity contribution < 1.29 is 0 Å². The summed E-state index contributed by atoms with van der Waals surface area (Å²) in [7, 11) is 0. The molecule has 4 aromatic rings. The minimum atomic E-state index is -0.0354. The van der Waals surface area contributed by atoms with Gasteiger partial charge in [0.25, 0.3) is 5.56 Å². The minimum Gasteiger partial charge on any atom is -0.361 e. The van der Waals surface area contributed by atoms with Crippen molar-refractivity contribution in [2.24, 2.45) is 0 Å². The van der Waals surface area contributed by atoms with E-state index in [1.165, 1.54) is 22.0 Å². The quantitative estimate of drug-likeness (QED) is 0.544. The van der Waals surface area contributed by atoms with Crippen molar-refractivity contribution in [2.45, 2.75) is 39.3 Å². The number of hydrogen-bond acceptors (Lipinski definition) is 4. The first-order chi connectivity index (χ1) is 14.6. The summed E-state index contributed by atoms with van der Waals surface area (Å²) in [5.41, 5.74) is 6.27. The molecule has 0 fully saturated rings. The monoisotopic (exact) mass is 399 g/mol. The Hall–Kier alpha value is -3.25.